The predicted octanol–water partition coefficient (Wildman–Crippen LogP) is 2.49. The molecule has 0 aliphatic rings. The molecule has 2 aromatic rings. The van der Waals surface area contributed by atoms with Gasteiger partial charge in [0.2, 0.25) is 0 Å². The van der Waals surface area contributed by atoms with Crippen LogP contribution < -0.4 is 0 Å². The van der Waals surface area contributed by atoms with E-state index in [0.717, 1.165) is 13.1 Å². The number of rotatable bonds is 5. The van der Waals surface area contributed by atoms with Gasteiger partial charge in [0.25, 0.3) is 0 Å². The molecule has 2 aromatic heterocycles. The molecule has 0 spiro atoms. The first-order valence-corrected chi connectivity index (χ1v) is 6.33. The largest absolute Gasteiger partial charge is 0.294 e. The molecular weight excluding hydrogens is 224 g/mol. The van der Waals surface area contributed by atoms with Crippen LogP contribution in [0.5, 0.6) is 0 Å². The molecule has 0 unspecified atom stereocenters. The Bertz CT molecular complexity index is 478. The average molecular weight is 244 g/mol. The van der Waals surface area contributed by atoms with Crippen molar-refractivity contribution in [3.8, 4) is 0 Å². The van der Waals surface area contributed by atoms with E-state index in [9.17, 15) is 0 Å². The average Bonchev–Trinajstić information content (AvgIpc) is 2.86. The van der Waals surface area contributed by atoms with Gasteiger partial charge in [0.15, 0.2) is 0 Å². The molecule has 96 valence electrons. The molecule has 0 radical (unpaired) electrons. The van der Waals surface area contributed by atoms with Gasteiger partial charge in [0, 0.05) is 37.7 Å². The lowest BCUT2D eigenvalue weighted by Gasteiger charge is -2.24. The van der Waals surface area contributed by atoms with E-state index in [1.165, 1.54) is 11.3 Å². The third-order valence-corrected chi connectivity index (χ3v) is 3.34. The second kappa shape index (κ2) is 5.78. The van der Waals surface area contributed by atoms with E-state index in [-0.39, 0.29) is 0 Å². The molecule has 0 saturated heterocycles. The highest BCUT2D eigenvalue weighted by molar-refractivity contribution is 5.13. The van der Waals surface area contributed by atoms with Crippen LogP contribution in [-0.4, -0.2) is 26.7 Å². The molecule has 0 aliphatic heterocycles. The van der Waals surface area contributed by atoms with Gasteiger partial charge >= 0.3 is 0 Å². The molecule has 0 aromatic carbocycles. The summed E-state index contributed by atoms with van der Waals surface area (Å²) >= 11 is 0. The standard InChI is InChI=1S/C14H20N4/c1-4-18-14(7-9-16-18)11-17(3)12(2)13-6-5-8-15-10-13/h5-10,12H,4,11H2,1-3H3/t12-/m0/s1. The maximum Gasteiger partial charge on any atom is 0.0524 e. The lowest BCUT2D eigenvalue weighted by atomic mass is 10.1. The normalized spacial score (nSPS) is 12.9. The van der Waals surface area contributed by atoms with Crippen LogP contribution in [0.15, 0.2) is 36.8 Å². The summed E-state index contributed by atoms with van der Waals surface area (Å²) in [5.41, 5.74) is 2.48. The molecular formula is C14H20N4. The van der Waals surface area contributed by atoms with Crippen molar-refractivity contribution in [3.05, 3.63) is 48.0 Å². The first-order chi connectivity index (χ1) is 8.72. The quantitative estimate of drug-likeness (QED) is 0.810. The molecule has 0 N–H and O–H groups in total. The zero-order valence-electron chi connectivity index (χ0n) is 11.2. The molecule has 0 fully saturated rings. The van der Waals surface area contributed by atoms with Gasteiger partial charge in [-0.3, -0.25) is 14.6 Å². The highest BCUT2D eigenvalue weighted by atomic mass is 15.3. The monoisotopic (exact) mass is 244 g/mol. The zero-order valence-corrected chi connectivity index (χ0v) is 11.2. The van der Waals surface area contributed by atoms with Gasteiger partial charge in [-0.15, -0.1) is 0 Å². The minimum absolute atomic E-state index is 0.346. The van der Waals surface area contributed by atoms with Crippen molar-refractivity contribution >= 4 is 0 Å². The number of aromatic nitrogens is 3. The van der Waals surface area contributed by atoms with Crippen LogP contribution in [0.4, 0.5) is 0 Å². The van der Waals surface area contributed by atoms with Crippen molar-refractivity contribution in [2.24, 2.45) is 0 Å². The third kappa shape index (κ3) is 2.76. The third-order valence-electron chi connectivity index (χ3n) is 3.34. The first-order valence-electron chi connectivity index (χ1n) is 6.33. The van der Waals surface area contributed by atoms with Crippen molar-refractivity contribution in [2.45, 2.75) is 33.0 Å². The van der Waals surface area contributed by atoms with Crippen LogP contribution >= 0.6 is 0 Å². The van der Waals surface area contributed by atoms with Crippen LogP contribution in [0.2, 0.25) is 0 Å². The summed E-state index contributed by atoms with van der Waals surface area (Å²) in [7, 11) is 2.13. The number of pyridine rings is 1. The van der Waals surface area contributed by atoms with E-state index < -0.39 is 0 Å². The van der Waals surface area contributed by atoms with Crippen LogP contribution in [0, 0.1) is 0 Å². The second-order valence-electron chi connectivity index (χ2n) is 4.52. The van der Waals surface area contributed by atoms with Crippen LogP contribution in [-0.2, 0) is 13.1 Å². The summed E-state index contributed by atoms with van der Waals surface area (Å²) in [6.07, 6.45) is 5.60. The minimum Gasteiger partial charge on any atom is -0.294 e. The Kier molecular flexibility index (Phi) is 4.10. The van der Waals surface area contributed by atoms with Gasteiger partial charge < -0.3 is 0 Å². The highest BCUT2D eigenvalue weighted by Gasteiger charge is 2.13. The van der Waals surface area contributed by atoms with Gasteiger partial charge in [0.05, 0.1) is 5.69 Å². The summed E-state index contributed by atoms with van der Waals surface area (Å²) in [5, 5.41) is 4.30. The highest BCUT2D eigenvalue weighted by Crippen LogP contribution is 2.19. The van der Waals surface area contributed by atoms with Crippen molar-refractivity contribution < 1.29 is 0 Å². The molecule has 0 amide bonds. The van der Waals surface area contributed by atoms with E-state index in [1.54, 1.807) is 0 Å². The molecule has 0 aliphatic carbocycles. The van der Waals surface area contributed by atoms with Crippen molar-refractivity contribution in [1.82, 2.24) is 19.7 Å². The predicted molar refractivity (Wildman–Crippen MR) is 72.0 cm³/mol. The molecule has 2 rings (SSSR count). The van der Waals surface area contributed by atoms with E-state index in [0.29, 0.717) is 6.04 Å². The van der Waals surface area contributed by atoms with Gasteiger partial charge in [-0.05, 0) is 38.6 Å². The van der Waals surface area contributed by atoms with Crippen LogP contribution in [0.3, 0.4) is 0 Å². The Morgan fingerprint density at radius 3 is 2.83 bits per heavy atom. The van der Waals surface area contributed by atoms with E-state index >= 15 is 0 Å². The second-order valence-corrected chi connectivity index (χ2v) is 4.52. The van der Waals surface area contributed by atoms with E-state index in [1.807, 2.05) is 29.3 Å². The molecule has 1 atom stereocenters. The Hall–Kier alpha value is -1.68. The number of hydrogen-bond donors (Lipinski definition) is 0. The number of nitrogens with zero attached hydrogens (tertiary/aromatic N) is 4. The fraction of sp³-hybridized carbons (Fsp3) is 0.429. The SMILES string of the molecule is CCn1nccc1CN(C)[C@@H](C)c1cccnc1. The van der Waals surface area contributed by atoms with Crippen molar-refractivity contribution in [2.75, 3.05) is 7.05 Å². The number of hydrogen-bond acceptors (Lipinski definition) is 3. The summed E-state index contributed by atoms with van der Waals surface area (Å²) in [6.45, 7) is 6.12. The molecule has 0 bridgehead atoms. The maximum absolute atomic E-state index is 4.30. The zero-order chi connectivity index (χ0) is 13.0. The maximum atomic E-state index is 4.30. The van der Waals surface area contributed by atoms with Gasteiger partial charge in [-0.1, -0.05) is 6.07 Å². The molecule has 4 heteroatoms. The van der Waals surface area contributed by atoms with E-state index in [2.05, 4.69) is 48.0 Å². The topological polar surface area (TPSA) is 34.0 Å². The van der Waals surface area contributed by atoms with Crippen LogP contribution in [0.1, 0.15) is 31.1 Å². The minimum atomic E-state index is 0.346. The smallest absolute Gasteiger partial charge is 0.0524 e. The van der Waals surface area contributed by atoms with Gasteiger partial charge in [0.1, 0.15) is 0 Å². The summed E-state index contributed by atoms with van der Waals surface area (Å²) < 4.78 is 2.03. The van der Waals surface area contributed by atoms with Gasteiger partial charge in [-0.25, -0.2) is 0 Å². The summed E-state index contributed by atoms with van der Waals surface area (Å²) in [6, 6.07) is 6.52. The Morgan fingerprint density at radius 2 is 2.17 bits per heavy atom. The Balaban J connectivity index is 2.06. The first kappa shape index (κ1) is 12.8. The lowest BCUT2D eigenvalue weighted by Crippen LogP contribution is -2.23. The van der Waals surface area contributed by atoms with Crippen molar-refractivity contribution in [3.63, 3.8) is 0 Å². The lowest BCUT2D eigenvalue weighted by molar-refractivity contribution is 0.245. The number of aryl methyl sites for hydroxylation is 1. The Labute approximate surface area is 108 Å². The van der Waals surface area contributed by atoms with Gasteiger partial charge in [-0.2, -0.15) is 5.10 Å². The fourth-order valence-electron chi connectivity index (χ4n) is 2.05. The molecule has 18 heavy (non-hydrogen) atoms. The molecule has 0 saturated carbocycles. The van der Waals surface area contributed by atoms with Crippen LogP contribution in [0.25, 0.3) is 0 Å². The fourth-order valence-corrected chi connectivity index (χ4v) is 2.05. The summed E-state index contributed by atoms with van der Waals surface area (Å²) in [5.74, 6) is 0. The molecule has 4 nitrogen and oxygen atoms in total. The molecule has 2 heterocycles. The van der Waals surface area contributed by atoms with Crippen molar-refractivity contribution in [1.29, 1.82) is 0 Å². The van der Waals surface area contributed by atoms with E-state index in [4.69, 9.17) is 0 Å². The Morgan fingerprint density at radius 1 is 1.33 bits per heavy atom. The summed E-state index contributed by atoms with van der Waals surface area (Å²) in [4.78, 5) is 6.48.